The maximum Gasteiger partial charge on any atom is 0.272 e. The molecular weight excluding hydrogens is 294 g/mol. The molecule has 0 radical (unpaired) electrons. The Hall–Kier alpha value is -2.34. The molecule has 1 N–H and O–H groups in total. The van der Waals surface area contributed by atoms with Gasteiger partial charge in [-0.25, -0.2) is 0 Å². The summed E-state index contributed by atoms with van der Waals surface area (Å²) in [6.45, 7) is 1.70. The zero-order valence-corrected chi connectivity index (χ0v) is 12.8. The maximum absolute atomic E-state index is 12.6. The van der Waals surface area contributed by atoms with Gasteiger partial charge in [0.25, 0.3) is 5.91 Å². The van der Waals surface area contributed by atoms with E-state index in [1.54, 1.807) is 4.68 Å². The molecule has 1 amide bonds. The van der Waals surface area contributed by atoms with Gasteiger partial charge in [-0.05, 0) is 31.0 Å². The standard InChI is InChI=1S/C17H19N3O3/c21-14-9-13(10-14)19-6-7-20-16(17(19)22)8-12(18-20)11-23-15-4-2-1-3-5-15/h1-5,8,13-14,21H,6-7,9-11H2. The van der Waals surface area contributed by atoms with Gasteiger partial charge in [0.2, 0.25) is 0 Å². The smallest absolute Gasteiger partial charge is 0.272 e. The lowest BCUT2D eigenvalue weighted by molar-refractivity contribution is -0.000303. The van der Waals surface area contributed by atoms with Crippen molar-refractivity contribution in [2.45, 2.75) is 38.1 Å². The predicted octanol–water partition coefficient (Wildman–Crippen LogP) is 1.44. The molecule has 120 valence electrons. The summed E-state index contributed by atoms with van der Waals surface area (Å²) in [5.74, 6) is 0.793. The number of carbonyl (C=O) groups excluding carboxylic acids is 1. The Morgan fingerprint density at radius 3 is 2.74 bits per heavy atom. The van der Waals surface area contributed by atoms with Crippen LogP contribution in [0.4, 0.5) is 0 Å². The van der Waals surface area contributed by atoms with Gasteiger partial charge in [0.15, 0.2) is 0 Å². The van der Waals surface area contributed by atoms with E-state index in [0.29, 0.717) is 38.2 Å². The minimum Gasteiger partial charge on any atom is -0.487 e. The van der Waals surface area contributed by atoms with Crippen LogP contribution in [-0.4, -0.2) is 44.4 Å². The first-order valence-electron chi connectivity index (χ1n) is 7.94. The van der Waals surface area contributed by atoms with Crippen LogP contribution in [0.25, 0.3) is 0 Å². The number of ether oxygens (including phenoxy) is 1. The lowest BCUT2D eigenvalue weighted by Gasteiger charge is -2.42. The first-order valence-corrected chi connectivity index (χ1v) is 7.94. The van der Waals surface area contributed by atoms with E-state index in [1.807, 2.05) is 41.3 Å². The Morgan fingerprint density at radius 1 is 1.22 bits per heavy atom. The monoisotopic (exact) mass is 313 g/mol. The van der Waals surface area contributed by atoms with Crippen LogP contribution in [0.2, 0.25) is 0 Å². The molecule has 1 aliphatic carbocycles. The molecule has 1 aromatic carbocycles. The summed E-state index contributed by atoms with van der Waals surface area (Å²) in [4.78, 5) is 14.5. The third-order valence-corrected chi connectivity index (χ3v) is 4.52. The molecule has 4 rings (SSSR count). The topological polar surface area (TPSA) is 67.6 Å². The van der Waals surface area contributed by atoms with E-state index < -0.39 is 0 Å². The molecule has 0 bridgehead atoms. The largest absolute Gasteiger partial charge is 0.487 e. The molecule has 6 nitrogen and oxygen atoms in total. The Labute approximate surface area is 134 Å². The fourth-order valence-corrected chi connectivity index (χ4v) is 3.17. The molecule has 0 atom stereocenters. The normalized spacial score (nSPS) is 23.3. The van der Waals surface area contributed by atoms with E-state index in [2.05, 4.69) is 5.10 Å². The molecule has 0 unspecified atom stereocenters. The Morgan fingerprint density at radius 2 is 2.00 bits per heavy atom. The zero-order valence-electron chi connectivity index (χ0n) is 12.8. The van der Waals surface area contributed by atoms with Crippen molar-refractivity contribution in [1.29, 1.82) is 0 Å². The molecule has 1 fully saturated rings. The molecule has 23 heavy (non-hydrogen) atoms. The minimum absolute atomic E-state index is 0.00612. The van der Waals surface area contributed by atoms with Crippen LogP contribution in [0.15, 0.2) is 36.4 Å². The minimum atomic E-state index is -0.255. The van der Waals surface area contributed by atoms with Crippen LogP contribution in [-0.2, 0) is 13.2 Å². The second-order valence-corrected chi connectivity index (χ2v) is 6.12. The second kappa shape index (κ2) is 5.70. The van der Waals surface area contributed by atoms with Crippen molar-refractivity contribution in [2.24, 2.45) is 0 Å². The molecule has 1 aromatic heterocycles. The number of para-hydroxylation sites is 1. The van der Waals surface area contributed by atoms with Crippen molar-refractivity contribution in [2.75, 3.05) is 6.54 Å². The van der Waals surface area contributed by atoms with Crippen molar-refractivity contribution in [3.05, 3.63) is 47.8 Å². The van der Waals surface area contributed by atoms with Gasteiger partial charge in [0, 0.05) is 12.6 Å². The predicted molar refractivity (Wildman–Crippen MR) is 83.1 cm³/mol. The molecule has 1 aliphatic heterocycles. The first-order chi connectivity index (χ1) is 11.2. The molecule has 6 heteroatoms. The quantitative estimate of drug-likeness (QED) is 0.927. The van der Waals surface area contributed by atoms with Gasteiger partial charge in [0.05, 0.1) is 12.6 Å². The van der Waals surface area contributed by atoms with Crippen LogP contribution in [0.1, 0.15) is 29.0 Å². The highest BCUT2D eigenvalue weighted by molar-refractivity contribution is 5.93. The van der Waals surface area contributed by atoms with Gasteiger partial charge in [0.1, 0.15) is 23.7 Å². The number of carbonyl (C=O) groups is 1. The number of amides is 1. The highest BCUT2D eigenvalue weighted by Gasteiger charge is 2.38. The summed E-state index contributed by atoms with van der Waals surface area (Å²) < 4.78 is 7.45. The lowest BCUT2D eigenvalue weighted by atomic mass is 9.87. The van der Waals surface area contributed by atoms with Crippen LogP contribution >= 0.6 is 0 Å². The molecule has 2 heterocycles. The third kappa shape index (κ3) is 2.70. The number of hydrogen-bond acceptors (Lipinski definition) is 4. The molecule has 0 saturated heterocycles. The van der Waals surface area contributed by atoms with Crippen molar-refractivity contribution in [1.82, 2.24) is 14.7 Å². The Balaban J connectivity index is 1.45. The van der Waals surface area contributed by atoms with Crippen molar-refractivity contribution in [3.63, 3.8) is 0 Å². The summed E-state index contributed by atoms with van der Waals surface area (Å²) >= 11 is 0. The molecule has 1 saturated carbocycles. The van der Waals surface area contributed by atoms with Crippen molar-refractivity contribution in [3.8, 4) is 5.75 Å². The van der Waals surface area contributed by atoms with Crippen LogP contribution in [0.3, 0.4) is 0 Å². The SMILES string of the molecule is O=C1c2cc(COc3ccccc3)nn2CCN1C1CC(O)C1. The first kappa shape index (κ1) is 14.3. The van der Waals surface area contributed by atoms with E-state index in [-0.39, 0.29) is 18.1 Å². The van der Waals surface area contributed by atoms with E-state index in [1.165, 1.54) is 0 Å². The number of fused-ring (bicyclic) bond motifs is 1. The third-order valence-electron chi connectivity index (χ3n) is 4.52. The number of benzene rings is 1. The average molecular weight is 313 g/mol. The highest BCUT2D eigenvalue weighted by atomic mass is 16.5. The number of hydrogen-bond donors (Lipinski definition) is 1. The van der Waals surface area contributed by atoms with Crippen molar-refractivity contribution < 1.29 is 14.6 Å². The number of aliphatic hydroxyl groups is 1. The fraction of sp³-hybridized carbons (Fsp3) is 0.412. The maximum atomic E-state index is 12.6. The molecule has 0 spiro atoms. The summed E-state index contributed by atoms with van der Waals surface area (Å²) in [6.07, 6.45) is 1.11. The van der Waals surface area contributed by atoms with Gasteiger partial charge in [-0.2, -0.15) is 5.10 Å². The Bertz CT molecular complexity index is 707. The van der Waals surface area contributed by atoms with Crippen molar-refractivity contribution >= 4 is 5.91 Å². The van der Waals surface area contributed by atoms with E-state index in [0.717, 1.165) is 11.4 Å². The van der Waals surface area contributed by atoms with Gasteiger partial charge in [-0.15, -0.1) is 0 Å². The van der Waals surface area contributed by atoms with Crippen LogP contribution < -0.4 is 4.74 Å². The number of aliphatic hydroxyl groups excluding tert-OH is 1. The van der Waals surface area contributed by atoms with Gasteiger partial charge in [-0.3, -0.25) is 9.48 Å². The summed E-state index contributed by atoms with van der Waals surface area (Å²) in [7, 11) is 0. The molecular formula is C17H19N3O3. The van der Waals surface area contributed by atoms with Crippen LogP contribution in [0.5, 0.6) is 5.75 Å². The van der Waals surface area contributed by atoms with Crippen LogP contribution in [0, 0.1) is 0 Å². The number of aromatic nitrogens is 2. The summed E-state index contributed by atoms with van der Waals surface area (Å²) in [5.41, 5.74) is 1.37. The lowest BCUT2D eigenvalue weighted by Crippen LogP contribution is -2.53. The van der Waals surface area contributed by atoms with E-state index >= 15 is 0 Å². The highest BCUT2D eigenvalue weighted by Crippen LogP contribution is 2.28. The second-order valence-electron chi connectivity index (χ2n) is 6.12. The summed E-state index contributed by atoms with van der Waals surface area (Å²) in [5, 5.41) is 13.9. The molecule has 2 aromatic rings. The van der Waals surface area contributed by atoms with Gasteiger partial charge in [-0.1, -0.05) is 18.2 Å². The summed E-state index contributed by atoms with van der Waals surface area (Å²) in [6, 6.07) is 11.5. The number of nitrogens with zero attached hydrogens (tertiary/aromatic N) is 3. The molecule has 2 aliphatic rings. The Kier molecular flexibility index (Phi) is 3.53. The van der Waals surface area contributed by atoms with E-state index in [9.17, 15) is 9.90 Å². The average Bonchev–Trinajstić information content (AvgIpc) is 2.96. The van der Waals surface area contributed by atoms with E-state index in [4.69, 9.17) is 4.74 Å². The number of rotatable bonds is 4. The van der Waals surface area contributed by atoms with Gasteiger partial charge < -0.3 is 14.7 Å². The zero-order chi connectivity index (χ0) is 15.8. The van der Waals surface area contributed by atoms with Gasteiger partial charge >= 0.3 is 0 Å². The fourth-order valence-electron chi connectivity index (χ4n) is 3.17.